The van der Waals surface area contributed by atoms with Crippen LogP contribution in [0.3, 0.4) is 0 Å². The van der Waals surface area contributed by atoms with Crippen molar-refractivity contribution in [1.29, 1.82) is 0 Å². The number of rotatable bonds is 26. The van der Waals surface area contributed by atoms with Crippen molar-refractivity contribution < 1.29 is 79.7 Å². The van der Waals surface area contributed by atoms with Crippen molar-refractivity contribution in [2.75, 3.05) is 6.54 Å². The largest absolute Gasteiger partial charge is 0.481 e. The fraction of sp³-hybridized carbons (Fsp3) is 0.483. The van der Waals surface area contributed by atoms with Crippen LogP contribution < -0.4 is 57.8 Å². The standard InChI is InChI=1S/C60H81N11O17S/c1-6-8-20-41-52(76)64-43(23-15-16-28-62-49(72)32-47(71-59(83)87-60(3,4)5)57(81)68-45(55(79)65-41)30-36-24-26-38(27-25-36)88-89(84,85)86)54(78)69-46(31-37-34-63-40-22-14-13-19-39(37)40)56(80)66-42(21-9-7-2)53(77)70-48(33-50(73)74)58(82)67-44(51(61)75)29-35-17-11-10-12-18-35/h10-14,17-19,22,24-27,34,41-48,63H,6-9,15-16,20-21,23,28-33H2,1-5H3,(H2,61,75)(H,62,72)(H,64,76)(H,65,79)(H,66,80)(H,67,82)(H,68,81)(H,69,78)(H,70,77)(H,71,83)(H,73,74)(H,84,85,86)/t41?,42-,43?,44-,45-,46-,47+,48-/m0/s1. The van der Waals surface area contributed by atoms with Gasteiger partial charge in [-0.05, 0) is 87.8 Å². The number of nitrogens with one attached hydrogen (secondary N) is 10. The van der Waals surface area contributed by atoms with Crippen molar-refractivity contribution in [2.24, 2.45) is 5.73 Å². The molecule has 10 amide bonds. The molecule has 1 aliphatic rings. The summed E-state index contributed by atoms with van der Waals surface area (Å²) in [7, 11) is -4.92. The lowest BCUT2D eigenvalue weighted by atomic mass is 10.0. The third kappa shape index (κ3) is 24.2. The Labute approximate surface area is 515 Å². The maximum atomic E-state index is 14.9. The number of hydrogen-bond acceptors (Lipinski definition) is 15. The number of hydrogen-bond donors (Lipinski definition) is 13. The van der Waals surface area contributed by atoms with E-state index in [-0.39, 0.29) is 63.7 Å². The number of H-pyrrole nitrogens is 1. The predicted molar refractivity (Wildman–Crippen MR) is 323 cm³/mol. The fourth-order valence-corrected chi connectivity index (χ4v) is 9.94. The summed E-state index contributed by atoms with van der Waals surface area (Å²) in [5.41, 5.74) is 6.76. The zero-order valence-electron chi connectivity index (χ0n) is 50.3. The molecule has 2 unspecified atom stereocenters. The van der Waals surface area contributed by atoms with Crippen LogP contribution in [0.25, 0.3) is 10.9 Å². The number of amides is 10. The van der Waals surface area contributed by atoms with Crippen molar-refractivity contribution >= 4 is 86.5 Å². The van der Waals surface area contributed by atoms with E-state index in [0.29, 0.717) is 53.3 Å². The van der Waals surface area contributed by atoms with Gasteiger partial charge in [0.25, 0.3) is 0 Å². The summed E-state index contributed by atoms with van der Waals surface area (Å²) in [5.74, 6) is -9.97. The van der Waals surface area contributed by atoms with E-state index in [1.165, 1.54) is 12.1 Å². The zero-order chi connectivity index (χ0) is 65.4. The maximum absolute atomic E-state index is 14.9. The smallest absolute Gasteiger partial charge is 0.446 e. The number of ether oxygens (including phenoxy) is 1. The van der Waals surface area contributed by atoms with E-state index in [1.54, 1.807) is 81.6 Å². The van der Waals surface area contributed by atoms with E-state index in [9.17, 15) is 70.8 Å². The van der Waals surface area contributed by atoms with Gasteiger partial charge in [0.05, 0.1) is 12.8 Å². The number of alkyl carbamates (subject to hydrolysis) is 1. The number of carbonyl (C=O) groups is 11. The molecule has 1 aliphatic heterocycles. The Kier molecular flexibility index (Phi) is 26.9. The lowest BCUT2D eigenvalue weighted by molar-refractivity contribution is -0.141. The molecule has 0 radical (unpaired) electrons. The van der Waals surface area contributed by atoms with E-state index in [1.807, 2.05) is 13.8 Å². The second-order valence-corrected chi connectivity index (χ2v) is 23.6. The lowest BCUT2D eigenvalue weighted by Crippen LogP contribution is -2.61. The molecule has 1 fully saturated rings. The van der Waals surface area contributed by atoms with E-state index in [4.69, 9.17) is 10.5 Å². The third-order valence-electron chi connectivity index (χ3n) is 14.1. The van der Waals surface area contributed by atoms with E-state index in [0.717, 1.165) is 12.1 Å². The van der Waals surface area contributed by atoms with Gasteiger partial charge in [0, 0.05) is 42.9 Å². The van der Waals surface area contributed by atoms with Crippen LogP contribution in [0.5, 0.6) is 5.75 Å². The molecular formula is C60H81N11O17S. The molecule has 8 atom stereocenters. The molecule has 1 saturated heterocycles. The summed E-state index contributed by atoms with van der Waals surface area (Å²) in [6.07, 6.45) is 0.396. The average Bonchev–Trinajstić information content (AvgIpc) is 3.16. The number of benzene rings is 3. The number of aromatic amines is 1. The Balaban J connectivity index is 1.48. The number of carboxylic acids is 1. The highest BCUT2D eigenvalue weighted by Gasteiger charge is 2.37. The Hall–Kier alpha value is -9.12. The highest BCUT2D eigenvalue weighted by molar-refractivity contribution is 7.81. The number of carbonyl (C=O) groups excluding carboxylic acids is 10. The normalized spacial score (nSPS) is 18.5. The first-order chi connectivity index (χ1) is 42.1. The van der Waals surface area contributed by atoms with Crippen LogP contribution in [0.1, 0.15) is 122 Å². The SMILES string of the molecule is CCCCC1NC(=O)[C@H](Cc2ccc(OS(=O)(=O)O)cc2)NC(=O)[C@H](NC(=O)OC(C)(C)C)CC(=O)NCCCCC(C(=O)N[C@@H](Cc2c[nH]c3ccccc23)C(=O)N[C@@H](CCCC)C(=O)N[C@@H](CC(=O)O)C(=O)N[C@@H](Cc2ccccc2)C(N)=O)NC1=O. The summed E-state index contributed by atoms with van der Waals surface area (Å²) in [4.78, 5) is 156. The van der Waals surface area contributed by atoms with Crippen LogP contribution in [-0.4, -0.2) is 149 Å². The molecule has 0 saturated carbocycles. The number of fused-ring (bicyclic) bond motifs is 1. The molecule has 0 aliphatic carbocycles. The molecule has 4 aromatic rings. The molecule has 28 nitrogen and oxygen atoms in total. The van der Waals surface area contributed by atoms with E-state index >= 15 is 0 Å². The lowest BCUT2D eigenvalue weighted by Gasteiger charge is -2.28. The van der Waals surface area contributed by atoms with Crippen molar-refractivity contribution in [2.45, 2.75) is 178 Å². The van der Waals surface area contributed by atoms with Gasteiger partial charge in [-0.25, -0.2) is 4.79 Å². The summed E-state index contributed by atoms with van der Waals surface area (Å²) in [5, 5.41) is 33.9. The number of para-hydroxylation sites is 1. The Morgan fingerprint density at radius 2 is 1.33 bits per heavy atom. The van der Waals surface area contributed by atoms with E-state index < -0.39 is 142 Å². The van der Waals surface area contributed by atoms with Crippen molar-refractivity contribution in [3.63, 3.8) is 0 Å². The first-order valence-corrected chi connectivity index (χ1v) is 30.7. The molecule has 14 N–H and O–H groups in total. The van der Waals surface area contributed by atoms with Crippen LogP contribution in [0.15, 0.2) is 85.1 Å². The summed E-state index contributed by atoms with van der Waals surface area (Å²) < 4.78 is 41.9. The van der Waals surface area contributed by atoms with Crippen LogP contribution >= 0.6 is 0 Å². The van der Waals surface area contributed by atoms with Crippen LogP contribution in [-0.2, 0) is 82.3 Å². The molecule has 484 valence electrons. The fourth-order valence-electron chi connectivity index (χ4n) is 9.58. The molecule has 5 rings (SSSR count). The van der Waals surface area contributed by atoms with Gasteiger partial charge in [-0.3, -0.25) is 52.5 Å². The minimum Gasteiger partial charge on any atom is -0.481 e. The monoisotopic (exact) mass is 1260 g/mol. The van der Waals surface area contributed by atoms with Crippen LogP contribution in [0.4, 0.5) is 4.79 Å². The third-order valence-corrected chi connectivity index (χ3v) is 14.5. The molecule has 0 bridgehead atoms. The van der Waals surface area contributed by atoms with Gasteiger partial charge >= 0.3 is 22.5 Å². The Bertz CT molecular complexity index is 3250. The first-order valence-electron chi connectivity index (χ1n) is 29.4. The Morgan fingerprint density at radius 1 is 0.708 bits per heavy atom. The highest BCUT2D eigenvalue weighted by atomic mass is 32.3. The zero-order valence-corrected chi connectivity index (χ0v) is 51.1. The average molecular weight is 1260 g/mol. The molecular weight excluding hydrogens is 1180 g/mol. The van der Waals surface area contributed by atoms with Gasteiger partial charge in [-0.1, -0.05) is 100 Å². The molecule has 3 aromatic carbocycles. The van der Waals surface area contributed by atoms with Crippen molar-refractivity contribution in [3.05, 3.63) is 102 Å². The van der Waals surface area contributed by atoms with Crippen molar-refractivity contribution in [3.8, 4) is 5.75 Å². The number of nitrogens with two attached hydrogens (primary N) is 1. The maximum Gasteiger partial charge on any atom is 0.446 e. The predicted octanol–water partition coefficient (Wildman–Crippen LogP) is 1.69. The number of carboxylic acid groups (broad SMARTS) is 1. The minimum absolute atomic E-state index is 0.00714. The quantitative estimate of drug-likeness (QED) is 0.0398. The number of aliphatic carboxylic acids is 1. The molecule has 0 spiro atoms. The van der Waals surface area contributed by atoms with Gasteiger partial charge in [0.2, 0.25) is 53.2 Å². The second kappa shape index (κ2) is 33.9. The number of primary amides is 1. The van der Waals surface area contributed by atoms with Gasteiger partial charge in [0.1, 0.15) is 59.7 Å². The van der Waals surface area contributed by atoms with E-state index in [2.05, 4.69) is 57.0 Å². The summed E-state index contributed by atoms with van der Waals surface area (Å²) >= 11 is 0. The summed E-state index contributed by atoms with van der Waals surface area (Å²) in [6.45, 7) is 8.36. The highest BCUT2D eigenvalue weighted by Crippen LogP contribution is 2.21. The molecule has 29 heteroatoms. The van der Waals surface area contributed by atoms with Gasteiger partial charge in [-0.15, -0.1) is 0 Å². The number of aromatic nitrogens is 1. The molecule has 1 aromatic heterocycles. The molecule has 89 heavy (non-hydrogen) atoms. The van der Waals surface area contributed by atoms with Crippen LogP contribution in [0.2, 0.25) is 0 Å². The van der Waals surface area contributed by atoms with Gasteiger partial charge < -0.3 is 72.6 Å². The topological polar surface area (TPSA) is 431 Å². The molecule has 2 heterocycles. The van der Waals surface area contributed by atoms with Gasteiger partial charge in [0.15, 0.2) is 0 Å². The summed E-state index contributed by atoms with van der Waals surface area (Å²) in [6, 6.07) is 8.69. The second-order valence-electron chi connectivity index (χ2n) is 22.6. The van der Waals surface area contributed by atoms with Gasteiger partial charge in [-0.2, -0.15) is 8.42 Å². The van der Waals surface area contributed by atoms with Crippen molar-refractivity contribution in [1.82, 2.24) is 52.8 Å². The minimum atomic E-state index is -4.92. The van der Waals surface area contributed by atoms with Crippen LogP contribution in [0, 0.1) is 0 Å². The first kappa shape index (κ1) is 70.6. The Morgan fingerprint density at radius 3 is 1.98 bits per heavy atom. The number of unbranched alkanes of at least 4 members (excludes halogenated alkanes) is 2.